The van der Waals surface area contributed by atoms with Gasteiger partial charge in [0.1, 0.15) is 12.1 Å². The zero-order valence-corrected chi connectivity index (χ0v) is 8.19. The summed E-state index contributed by atoms with van der Waals surface area (Å²) in [6, 6.07) is 0.00722. The number of fused-ring (bicyclic) bond motifs is 1. The molecule has 0 unspecified atom stereocenters. The highest BCUT2D eigenvalue weighted by molar-refractivity contribution is 5.75. The Kier molecular flexibility index (Phi) is 1.87. The average Bonchev–Trinajstić information content (AvgIpc) is 2.46. The highest BCUT2D eigenvalue weighted by Crippen LogP contribution is 2.33. The molecule has 1 aromatic rings. The van der Waals surface area contributed by atoms with Crippen molar-refractivity contribution in [2.24, 2.45) is 0 Å². The van der Waals surface area contributed by atoms with Crippen molar-refractivity contribution in [3.8, 4) is 0 Å². The molecule has 0 saturated carbocycles. The molecule has 0 saturated heterocycles. The molecule has 1 amide bonds. The van der Waals surface area contributed by atoms with E-state index in [0.29, 0.717) is 12.4 Å². The summed E-state index contributed by atoms with van der Waals surface area (Å²) in [6.45, 7) is 4.02. The predicted molar refractivity (Wildman–Crippen MR) is 51.1 cm³/mol. The molecule has 1 aliphatic heterocycles. The molecular weight excluding hydrogens is 180 g/mol. The maximum atomic E-state index is 11.3. The molecule has 0 aromatic carbocycles. The molecule has 1 aliphatic rings. The Morgan fingerprint density at radius 1 is 1.64 bits per heavy atom. The van der Waals surface area contributed by atoms with Gasteiger partial charge in [0.15, 0.2) is 0 Å². The zero-order valence-electron chi connectivity index (χ0n) is 8.19. The molecule has 74 valence electrons. The van der Waals surface area contributed by atoms with Gasteiger partial charge in [-0.1, -0.05) is 0 Å². The molecule has 0 aliphatic carbocycles. The normalized spacial score (nSPS) is 19.6. The van der Waals surface area contributed by atoms with Gasteiger partial charge in [-0.05, 0) is 6.92 Å². The maximum absolute atomic E-state index is 11.3. The molecule has 0 bridgehead atoms. The molecule has 2 rings (SSSR count). The second-order valence-corrected chi connectivity index (χ2v) is 3.45. The number of rotatable bonds is 0. The second kappa shape index (κ2) is 2.94. The van der Waals surface area contributed by atoms with E-state index in [1.165, 1.54) is 6.33 Å². The van der Waals surface area contributed by atoms with E-state index in [2.05, 4.69) is 9.97 Å². The number of anilines is 1. The summed E-state index contributed by atoms with van der Waals surface area (Å²) in [7, 11) is 0. The molecule has 5 heteroatoms. The van der Waals surface area contributed by atoms with E-state index in [0.717, 1.165) is 11.3 Å². The number of carbonyl (C=O) groups is 1. The number of aromatic nitrogens is 2. The number of nitrogen functional groups attached to an aromatic ring is 1. The minimum absolute atomic E-state index is 0.00722. The lowest BCUT2D eigenvalue weighted by Gasteiger charge is -2.18. The van der Waals surface area contributed by atoms with Crippen molar-refractivity contribution >= 4 is 11.7 Å². The van der Waals surface area contributed by atoms with Gasteiger partial charge in [-0.15, -0.1) is 0 Å². The Hall–Kier alpha value is -1.65. The molecule has 5 nitrogen and oxygen atoms in total. The fourth-order valence-corrected chi connectivity index (χ4v) is 1.80. The minimum Gasteiger partial charge on any atom is -0.383 e. The van der Waals surface area contributed by atoms with Gasteiger partial charge in [-0.2, -0.15) is 0 Å². The van der Waals surface area contributed by atoms with Crippen molar-refractivity contribution in [1.82, 2.24) is 14.9 Å². The summed E-state index contributed by atoms with van der Waals surface area (Å²) in [5.74, 6) is 0.514. The van der Waals surface area contributed by atoms with E-state index in [9.17, 15) is 4.79 Å². The van der Waals surface area contributed by atoms with Gasteiger partial charge in [-0.25, -0.2) is 9.97 Å². The monoisotopic (exact) mass is 192 g/mol. The van der Waals surface area contributed by atoms with E-state index >= 15 is 0 Å². The third kappa shape index (κ3) is 1.13. The van der Waals surface area contributed by atoms with Crippen molar-refractivity contribution < 1.29 is 4.79 Å². The Morgan fingerprint density at radius 2 is 2.36 bits per heavy atom. The SMILES string of the molecule is CC(=O)N1Cc2c(N)ncnc2[C@@H]1C. The van der Waals surface area contributed by atoms with E-state index in [-0.39, 0.29) is 11.9 Å². The summed E-state index contributed by atoms with van der Waals surface area (Å²) >= 11 is 0. The van der Waals surface area contributed by atoms with Crippen molar-refractivity contribution in [3.05, 3.63) is 17.6 Å². The van der Waals surface area contributed by atoms with Crippen LogP contribution in [0, 0.1) is 0 Å². The maximum Gasteiger partial charge on any atom is 0.220 e. The number of nitrogens with zero attached hydrogens (tertiary/aromatic N) is 3. The molecule has 1 aromatic heterocycles. The standard InChI is InChI=1S/C9H12N4O/c1-5-8-7(3-13(5)6(2)14)9(10)12-4-11-8/h4-5H,3H2,1-2H3,(H2,10,11,12)/t5-/m0/s1. The quantitative estimate of drug-likeness (QED) is 0.649. The molecular formula is C9H12N4O. The Labute approximate surface area is 82.0 Å². The van der Waals surface area contributed by atoms with Gasteiger partial charge in [-0.3, -0.25) is 4.79 Å². The van der Waals surface area contributed by atoms with Gasteiger partial charge in [0, 0.05) is 12.5 Å². The van der Waals surface area contributed by atoms with E-state index in [1.54, 1.807) is 11.8 Å². The number of hydrogen-bond donors (Lipinski definition) is 1. The lowest BCUT2D eigenvalue weighted by molar-refractivity contribution is -0.130. The largest absolute Gasteiger partial charge is 0.383 e. The van der Waals surface area contributed by atoms with Crippen LogP contribution >= 0.6 is 0 Å². The van der Waals surface area contributed by atoms with Gasteiger partial charge >= 0.3 is 0 Å². The van der Waals surface area contributed by atoms with Crippen LogP contribution in [0.15, 0.2) is 6.33 Å². The highest BCUT2D eigenvalue weighted by atomic mass is 16.2. The van der Waals surface area contributed by atoms with Gasteiger partial charge in [0.25, 0.3) is 0 Å². The Balaban J connectivity index is 2.45. The summed E-state index contributed by atoms with van der Waals surface area (Å²) < 4.78 is 0. The van der Waals surface area contributed by atoms with Gasteiger partial charge in [0.05, 0.1) is 18.3 Å². The first-order valence-electron chi connectivity index (χ1n) is 4.47. The zero-order chi connectivity index (χ0) is 10.3. The van der Waals surface area contributed by atoms with Gasteiger partial charge in [0.2, 0.25) is 5.91 Å². The average molecular weight is 192 g/mol. The number of amides is 1. The van der Waals surface area contributed by atoms with Crippen molar-refractivity contribution in [1.29, 1.82) is 0 Å². The highest BCUT2D eigenvalue weighted by Gasteiger charge is 2.31. The van der Waals surface area contributed by atoms with Crippen LogP contribution < -0.4 is 5.73 Å². The van der Waals surface area contributed by atoms with Crippen LogP contribution in [0.5, 0.6) is 0 Å². The van der Waals surface area contributed by atoms with Crippen LogP contribution in [0.2, 0.25) is 0 Å². The molecule has 0 spiro atoms. The molecule has 1 atom stereocenters. The van der Waals surface area contributed by atoms with E-state index in [1.807, 2.05) is 6.92 Å². The topological polar surface area (TPSA) is 72.1 Å². The third-order valence-electron chi connectivity index (χ3n) is 2.61. The first-order valence-corrected chi connectivity index (χ1v) is 4.47. The Morgan fingerprint density at radius 3 is 2.93 bits per heavy atom. The lowest BCUT2D eigenvalue weighted by Crippen LogP contribution is -2.25. The second-order valence-electron chi connectivity index (χ2n) is 3.45. The fraction of sp³-hybridized carbons (Fsp3) is 0.444. The van der Waals surface area contributed by atoms with Crippen molar-refractivity contribution in [3.63, 3.8) is 0 Å². The Bertz CT molecular complexity index is 390. The summed E-state index contributed by atoms with van der Waals surface area (Å²) in [5, 5.41) is 0. The summed E-state index contributed by atoms with van der Waals surface area (Å²) in [6.07, 6.45) is 1.44. The number of hydrogen-bond acceptors (Lipinski definition) is 4. The number of carbonyl (C=O) groups excluding carboxylic acids is 1. The van der Waals surface area contributed by atoms with Crippen LogP contribution in [0.3, 0.4) is 0 Å². The predicted octanol–water partition coefficient (Wildman–Crippen LogP) is 0.482. The van der Waals surface area contributed by atoms with Crippen LogP contribution in [0.4, 0.5) is 5.82 Å². The van der Waals surface area contributed by atoms with Crippen LogP contribution in [0.1, 0.15) is 31.1 Å². The van der Waals surface area contributed by atoms with Crippen molar-refractivity contribution in [2.45, 2.75) is 26.4 Å². The van der Waals surface area contributed by atoms with E-state index < -0.39 is 0 Å². The fourth-order valence-electron chi connectivity index (χ4n) is 1.80. The first-order chi connectivity index (χ1) is 6.61. The number of nitrogens with two attached hydrogens (primary N) is 1. The van der Waals surface area contributed by atoms with E-state index in [4.69, 9.17) is 5.73 Å². The van der Waals surface area contributed by atoms with Crippen LogP contribution in [-0.4, -0.2) is 20.8 Å². The molecule has 2 N–H and O–H groups in total. The molecule has 14 heavy (non-hydrogen) atoms. The summed E-state index contributed by atoms with van der Waals surface area (Å²) in [4.78, 5) is 21.1. The van der Waals surface area contributed by atoms with Crippen LogP contribution in [0.25, 0.3) is 0 Å². The molecule has 0 fully saturated rings. The third-order valence-corrected chi connectivity index (χ3v) is 2.61. The van der Waals surface area contributed by atoms with Crippen molar-refractivity contribution in [2.75, 3.05) is 5.73 Å². The lowest BCUT2D eigenvalue weighted by atomic mass is 10.2. The van der Waals surface area contributed by atoms with Gasteiger partial charge < -0.3 is 10.6 Å². The smallest absolute Gasteiger partial charge is 0.220 e. The molecule has 0 radical (unpaired) electrons. The minimum atomic E-state index is 0.00722. The summed E-state index contributed by atoms with van der Waals surface area (Å²) in [5.41, 5.74) is 7.46. The van der Waals surface area contributed by atoms with Crippen LogP contribution in [-0.2, 0) is 11.3 Å². The molecule has 2 heterocycles. The first kappa shape index (κ1) is 8.93.